The summed E-state index contributed by atoms with van der Waals surface area (Å²) in [6.07, 6.45) is 1.08. The van der Waals surface area contributed by atoms with E-state index in [2.05, 4.69) is 29.0 Å². The first-order valence-electron chi connectivity index (χ1n) is 4.11. The quantitative estimate of drug-likeness (QED) is 0.564. The predicted molar refractivity (Wildman–Crippen MR) is 50.3 cm³/mol. The Hall–Kier alpha value is -1.43. The highest BCUT2D eigenvalue weighted by Crippen LogP contribution is 2.25. The minimum atomic E-state index is 0.511. The van der Waals surface area contributed by atoms with Gasteiger partial charge in [0.15, 0.2) is 0 Å². The molecule has 1 aromatic carbocycles. The largest absolute Gasteiger partial charge is 0.404 e. The van der Waals surface area contributed by atoms with Gasteiger partial charge in [-0.2, -0.15) is 0 Å². The zero-order valence-corrected chi connectivity index (χ0v) is 6.83. The first kappa shape index (κ1) is 7.24. The maximum absolute atomic E-state index is 8.56. The minimum absolute atomic E-state index is 0.511. The molecule has 0 spiro atoms. The molecule has 0 aromatic heterocycles. The van der Waals surface area contributed by atoms with Gasteiger partial charge in [-0.15, -0.1) is 0 Å². The van der Waals surface area contributed by atoms with Gasteiger partial charge in [0, 0.05) is 18.2 Å². The van der Waals surface area contributed by atoms with Gasteiger partial charge in [0.05, 0.1) is 0 Å². The summed E-state index contributed by atoms with van der Waals surface area (Å²) in [6.45, 7) is 0.993. The number of nitriles is 1. The molecule has 2 nitrogen and oxygen atoms in total. The van der Waals surface area contributed by atoms with Crippen LogP contribution < -0.4 is 4.81 Å². The lowest BCUT2D eigenvalue weighted by molar-refractivity contribution is 1.04. The van der Waals surface area contributed by atoms with Crippen LogP contribution in [0.1, 0.15) is 5.56 Å². The van der Waals surface area contributed by atoms with Crippen LogP contribution in [0.5, 0.6) is 0 Å². The first-order chi connectivity index (χ1) is 5.92. The van der Waals surface area contributed by atoms with Gasteiger partial charge in [-0.3, -0.25) is 0 Å². The Morgan fingerprint density at radius 2 is 2.25 bits per heavy atom. The van der Waals surface area contributed by atoms with E-state index < -0.39 is 0 Å². The van der Waals surface area contributed by atoms with Crippen molar-refractivity contribution in [3.63, 3.8) is 0 Å². The van der Waals surface area contributed by atoms with E-state index in [9.17, 15) is 0 Å². The highest BCUT2D eigenvalue weighted by Gasteiger charge is 2.17. The molecule has 12 heavy (non-hydrogen) atoms. The van der Waals surface area contributed by atoms with Crippen molar-refractivity contribution < 1.29 is 0 Å². The molecule has 1 aliphatic heterocycles. The van der Waals surface area contributed by atoms with Crippen LogP contribution in [-0.2, 0) is 6.42 Å². The number of para-hydroxylation sites is 1. The Morgan fingerprint density at radius 1 is 1.42 bits per heavy atom. The monoisotopic (exact) mass is 156 g/mol. The Labute approximate surface area is 72.7 Å². The second-order valence-corrected chi connectivity index (χ2v) is 2.96. The van der Waals surface area contributed by atoms with Crippen LogP contribution in [0.3, 0.4) is 0 Å². The van der Waals surface area contributed by atoms with Crippen LogP contribution in [-0.4, -0.2) is 14.0 Å². The number of nitrogens with zero attached hydrogens (tertiary/aromatic N) is 2. The zero-order chi connectivity index (χ0) is 8.39. The molecule has 0 saturated heterocycles. The van der Waals surface area contributed by atoms with Gasteiger partial charge in [-0.25, -0.2) is 5.26 Å². The minimum Gasteiger partial charge on any atom is -0.404 e. The fraction of sp³-hybridized carbons (Fsp3) is 0.222. The highest BCUT2D eigenvalue weighted by molar-refractivity contribution is 6.50. The SMILES string of the molecule is N#CBN1CCc2ccccc21. The lowest BCUT2D eigenvalue weighted by Crippen LogP contribution is -2.23. The topological polar surface area (TPSA) is 27.0 Å². The molecule has 0 fully saturated rings. The van der Waals surface area contributed by atoms with Crippen molar-refractivity contribution in [1.29, 1.82) is 5.26 Å². The third-order valence-corrected chi connectivity index (χ3v) is 2.24. The lowest BCUT2D eigenvalue weighted by atomic mass is 9.95. The number of fused-ring (bicyclic) bond motifs is 1. The Balaban J connectivity index is 2.31. The summed E-state index contributed by atoms with van der Waals surface area (Å²) in [7, 11) is 0.511. The van der Waals surface area contributed by atoms with Crippen molar-refractivity contribution in [3.05, 3.63) is 29.8 Å². The molecule has 0 N–H and O–H groups in total. The third-order valence-electron chi connectivity index (χ3n) is 2.24. The molecule has 2 rings (SSSR count). The number of hydrogen-bond acceptors (Lipinski definition) is 2. The smallest absolute Gasteiger partial charge is 0.360 e. The van der Waals surface area contributed by atoms with E-state index in [-0.39, 0.29) is 0 Å². The van der Waals surface area contributed by atoms with Gasteiger partial charge in [0.1, 0.15) is 0 Å². The average molecular weight is 156 g/mol. The molecular formula is C9H9BN2. The maximum atomic E-state index is 8.56. The molecule has 0 atom stereocenters. The predicted octanol–water partition coefficient (Wildman–Crippen LogP) is 0.882. The van der Waals surface area contributed by atoms with Gasteiger partial charge in [-0.1, -0.05) is 18.2 Å². The van der Waals surface area contributed by atoms with Crippen molar-refractivity contribution in [2.75, 3.05) is 11.4 Å². The van der Waals surface area contributed by atoms with Crippen molar-refractivity contribution >= 4 is 13.1 Å². The molecule has 3 heteroatoms. The van der Waals surface area contributed by atoms with Crippen molar-refractivity contribution in [2.45, 2.75) is 6.42 Å². The molecule has 1 aliphatic rings. The summed E-state index contributed by atoms with van der Waals surface area (Å²) in [5.74, 6) is 2.18. The summed E-state index contributed by atoms with van der Waals surface area (Å²) in [6, 6.07) is 8.29. The lowest BCUT2D eigenvalue weighted by Gasteiger charge is -2.13. The fourth-order valence-corrected chi connectivity index (χ4v) is 1.66. The van der Waals surface area contributed by atoms with E-state index in [1.807, 2.05) is 6.07 Å². The summed E-state index contributed by atoms with van der Waals surface area (Å²) < 4.78 is 0. The third kappa shape index (κ3) is 1.06. The van der Waals surface area contributed by atoms with E-state index in [0.717, 1.165) is 13.0 Å². The van der Waals surface area contributed by atoms with Gasteiger partial charge < -0.3 is 4.81 Å². The van der Waals surface area contributed by atoms with Gasteiger partial charge >= 0.3 is 7.41 Å². The molecule has 0 unspecified atom stereocenters. The van der Waals surface area contributed by atoms with Crippen molar-refractivity contribution in [2.24, 2.45) is 0 Å². The number of benzene rings is 1. The molecule has 1 heterocycles. The van der Waals surface area contributed by atoms with Gasteiger partial charge in [0.2, 0.25) is 0 Å². The summed E-state index contributed by atoms with van der Waals surface area (Å²) in [4.78, 5) is 2.12. The first-order valence-corrected chi connectivity index (χ1v) is 4.11. The zero-order valence-electron chi connectivity index (χ0n) is 6.83. The molecule has 58 valence electrons. The maximum Gasteiger partial charge on any atom is 0.360 e. The Bertz CT molecular complexity index is 330. The molecule has 0 aliphatic carbocycles. The van der Waals surface area contributed by atoms with Crippen LogP contribution in [0.2, 0.25) is 0 Å². The van der Waals surface area contributed by atoms with Crippen LogP contribution in [0.15, 0.2) is 24.3 Å². The van der Waals surface area contributed by atoms with Crippen molar-refractivity contribution in [3.8, 4) is 5.97 Å². The second-order valence-electron chi connectivity index (χ2n) is 2.96. The van der Waals surface area contributed by atoms with Crippen LogP contribution in [0.25, 0.3) is 0 Å². The van der Waals surface area contributed by atoms with Crippen molar-refractivity contribution in [1.82, 2.24) is 0 Å². The van der Waals surface area contributed by atoms with Gasteiger partial charge in [0.25, 0.3) is 0 Å². The second kappa shape index (κ2) is 2.90. The van der Waals surface area contributed by atoms with Crippen LogP contribution in [0, 0.1) is 11.2 Å². The average Bonchev–Trinajstić information content (AvgIpc) is 2.50. The summed E-state index contributed by atoms with van der Waals surface area (Å²) in [5, 5.41) is 8.56. The molecule has 0 amide bonds. The van der Waals surface area contributed by atoms with E-state index in [0.29, 0.717) is 7.41 Å². The molecule has 0 radical (unpaired) electrons. The van der Waals surface area contributed by atoms with E-state index in [1.54, 1.807) is 0 Å². The Morgan fingerprint density at radius 3 is 3.08 bits per heavy atom. The highest BCUT2D eigenvalue weighted by atomic mass is 15.1. The fourth-order valence-electron chi connectivity index (χ4n) is 1.66. The number of hydrogen-bond donors (Lipinski definition) is 0. The van der Waals surface area contributed by atoms with E-state index >= 15 is 0 Å². The molecular weight excluding hydrogens is 147 g/mol. The normalized spacial score (nSPS) is 13.8. The standard InChI is InChI=1S/C9H9BN2/c11-7-10-12-6-5-8-3-1-2-4-9(8)12/h1-4,10H,5-6H2. The van der Waals surface area contributed by atoms with Crippen LogP contribution in [0.4, 0.5) is 5.69 Å². The van der Waals surface area contributed by atoms with E-state index in [1.165, 1.54) is 11.3 Å². The molecule has 0 saturated carbocycles. The summed E-state index contributed by atoms with van der Waals surface area (Å²) >= 11 is 0. The molecule has 1 aromatic rings. The van der Waals surface area contributed by atoms with E-state index in [4.69, 9.17) is 5.26 Å². The van der Waals surface area contributed by atoms with Crippen LogP contribution >= 0.6 is 0 Å². The number of rotatable bonds is 1. The Kier molecular flexibility index (Phi) is 1.75. The number of anilines is 1. The summed E-state index contributed by atoms with van der Waals surface area (Å²) in [5.41, 5.74) is 2.60. The molecule has 0 bridgehead atoms. The van der Waals surface area contributed by atoms with Gasteiger partial charge in [-0.05, 0) is 18.1 Å².